The first-order chi connectivity index (χ1) is 30.0. The van der Waals surface area contributed by atoms with Crippen molar-refractivity contribution >= 4 is 38.6 Å². The Bertz CT molecular complexity index is 3330. The van der Waals surface area contributed by atoms with E-state index >= 15 is 0 Å². The van der Waals surface area contributed by atoms with E-state index in [9.17, 15) is 0 Å². The summed E-state index contributed by atoms with van der Waals surface area (Å²) in [5, 5.41) is 5.10. The van der Waals surface area contributed by atoms with Crippen LogP contribution in [0.3, 0.4) is 0 Å². The maximum Gasteiger partial charge on any atom is 0.0468 e. The Labute approximate surface area is 357 Å². The monoisotopic (exact) mass is 777 g/mol. The number of nitrogens with zero attached hydrogens (tertiary/aromatic N) is 1. The minimum Gasteiger partial charge on any atom is -0.310 e. The van der Waals surface area contributed by atoms with Crippen LogP contribution >= 0.6 is 0 Å². The molecular weight excluding hydrogens is 735 g/mol. The molecule has 2 atom stereocenters. The summed E-state index contributed by atoms with van der Waals surface area (Å²) in [5.41, 5.74) is 18.4. The molecule has 2 unspecified atom stereocenters. The van der Waals surface area contributed by atoms with Gasteiger partial charge < -0.3 is 4.90 Å². The van der Waals surface area contributed by atoms with Crippen LogP contribution in [0.2, 0.25) is 0 Å². The Morgan fingerprint density at radius 2 is 0.787 bits per heavy atom. The van der Waals surface area contributed by atoms with Crippen LogP contribution in [-0.2, 0) is 10.8 Å². The van der Waals surface area contributed by atoms with Gasteiger partial charge in [-0.25, -0.2) is 0 Å². The Morgan fingerprint density at radius 3 is 1.51 bits per heavy atom. The fraction of sp³-hybridized carbons (Fsp3) is 0.0667. The number of hydrogen-bond donors (Lipinski definition) is 0. The van der Waals surface area contributed by atoms with Gasteiger partial charge in [0.25, 0.3) is 0 Å². The molecule has 2 aliphatic carbocycles. The third kappa shape index (κ3) is 5.27. The summed E-state index contributed by atoms with van der Waals surface area (Å²) in [6.07, 6.45) is 0. The Morgan fingerprint density at radius 1 is 0.295 bits per heavy atom. The molecule has 0 fully saturated rings. The first kappa shape index (κ1) is 35.5. The largest absolute Gasteiger partial charge is 0.310 e. The molecule has 1 nitrogen and oxygen atoms in total. The maximum absolute atomic E-state index is 2.46. The number of anilines is 3. The topological polar surface area (TPSA) is 3.24 Å². The average molecular weight is 778 g/mol. The van der Waals surface area contributed by atoms with Crippen molar-refractivity contribution in [2.75, 3.05) is 4.90 Å². The lowest BCUT2D eigenvalue weighted by Crippen LogP contribution is -2.23. The fourth-order valence-corrected chi connectivity index (χ4v) is 10.9. The Hall–Kier alpha value is -7.48. The summed E-state index contributed by atoms with van der Waals surface area (Å²) in [4.78, 5) is 2.46. The number of rotatable bonds is 6. The molecule has 288 valence electrons. The van der Waals surface area contributed by atoms with Gasteiger partial charge in [-0.1, -0.05) is 182 Å². The fourth-order valence-electron chi connectivity index (χ4n) is 10.9. The highest BCUT2D eigenvalue weighted by atomic mass is 15.1. The summed E-state index contributed by atoms with van der Waals surface area (Å²) in [7, 11) is 0. The lowest BCUT2D eigenvalue weighted by atomic mass is 9.74. The van der Waals surface area contributed by atoms with Crippen LogP contribution < -0.4 is 4.90 Å². The van der Waals surface area contributed by atoms with Gasteiger partial charge in [-0.2, -0.15) is 0 Å². The molecule has 1 heteroatoms. The lowest BCUT2D eigenvalue weighted by Gasteiger charge is -2.31. The summed E-state index contributed by atoms with van der Waals surface area (Å²) in [6.45, 7) is 4.79. The van der Waals surface area contributed by atoms with Gasteiger partial charge in [0.05, 0.1) is 0 Å². The predicted octanol–water partition coefficient (Wildman–Crippen LogP) is 15.8. The molecular formula is C60H43N. The van der Waals surface area contributed by atoms with E-state index in [1.807, 2.05) is 0 Å². The van der Waals surface area contributed by atoms with Crippen molar-refractivity contribution in [2.45, 2.75) is 24.7 Å². The molecule has 0 bridgehead atoms. The van der Waals surface area contributed by atoms with Crippen molar-refractivity contribution in [3.8, 4) is 33.4 Å². The van der Waals surface area contributed by atoms with Gasteiger partial charge in [-0.15, -0.1) is 0 Å². The van der Waals surface area contributed by atoms with Crippen LogP contribution in [-0.4, -0.2) is 0 Å². The minimum absolute atomic E-state index is 0.263. The molecule has 12 rings (SSSR count). The second-order valence-electron chi connectivity index (χ2n) is 17.1. The van der Waals surface area contributed by atoms with E-state index in [0.29, 0.717) is 0 Å². The van der Waals surface area contributed by atoms with Crippen molar-refractivity contribution in [2.24, 2.45) is 0 Å². The molecule has 0 amide bonds. The predicted molar refractivity (Wildman–Crippen MR) is 256 cm³/mol. The second-order valence-corrected chi connectivity index (χ2v) is 17.1. The van der Waals surface area contributed by atoms with Gasteiger partial charge in [0.1, 0.15) is 0 Å². The van der Waals surface area contributed by atoms with Gasteiger partial charge in [-0.3, -0.25) is 0 Å². The average Bonchev–Trinajstić information content (AvgIpc) is 3.75. The third-order valence-electron chi connectivity index (χ3n) is 14.0. The summed E-state index contributed by atoms with van der Waals surface area (Å²) < 4.78 is 0. The van der Waals surface area contributed by atoms with Crippen LogP contribution in [0.15, 0.2) is 224 Å². The smallest absolute Gasteiger partial charge is 0.0468 e. The van der Waals surface area contributed by atoms with Crippen LogP contribution in [0.25, 0.3) is 54.9 Å². The highest BCUT2D eigenvalue weighted by molar-refractivity contribution is 6.08. The van der Waals surface area contributed by atoms with Gasteiger partial charge >= 0.3 is 0 Å². The Kier molecular flexibility index (Phi) is 7.86. The molecule has 0 aliphatic heterocycles. The third-order valence-corrected chi connectivity index (χ3v) is 14.0. The lowest BCUT2D eigenvalue weighted by molar-refractivity contribution is 0.713. The summed E-state index contributed by atoms with van der Waals surface area (Å²) in [6, 6.07) is 83.4. The van der Waals surface area contributed by atoms with E-state index in [-0.39, 0.29) is 10.8 Å². The number of fused-ring (bicyclic) bond motifs is 9. The highest BCUT2D eigenvalue weighted by Crippen LogP contribution is 2.56. The van der Waals surface area contributed by atoms with Crippen molar-refractivity contribution in [3.05, 3.63) is 258 Å². The molecule has 0 saturated heterocycles. The van der Waals surface area contributed by atoms with Gasteiger partial charge in [0, 0.05) is 27.9 Å². The summed E-state index contributed by atoms with van der Waals surface area (Å²) >= 11 is 0. The van der Waals surface area contributed by atoms with E-state index < -0.39 is 0 Å². The molecule has 0 N–H and O–H groups in total. The quantitative estimate of drug-likeness (QED) is 0.152. The maximum atomic E-state index is 2.46. The van der Waals surface area contributed by atoms with E-state index in [1.165, 1.54) is 88.3 Å². The zero-order valence-electron chi connectivity index (χ0n) is 34.3. The van der Waals surface area contributed by atoms with Gasteiger partial charge in [0.2, 0.25) is 0 Å². The second kappa shape index (κ2) is 13.5. The highest BCUT2D eigenvalue weighted by Gasteiger charge is 2.42. The van der Waals surface area contributed by atoms with Crippen molar-refractivity contribution in [3.63, 3.8) is 0 Å². The number of hydrogen-bond acceptors (Lipinski definition) is 1. The standard InChI is InChI=1S/C60H43N/c1-59(44-16-5-3-6-17-44)56-24-14-12-22-52(56)54-38-47(33-36-57(54)59)61(46-30-27-40(28-31-46)42-29-34-50-43(37-42)26-25-41-15-9-10-20-49(41)50)48-32-35-53-51-21-11-13-23-55(51)60(2,58(53)39-48)45-18-7-4-8-19-45/h3-39H,1-2H3. The first-order valence-corrected chi connectivity index (χ1v) is 21.4. The summed E-state index contributed by atoms with van der Waals surface area (Å²) in [5.74, 6) is 0. The van der Waals surface area contributed by atoms with Crippen LogP contribution in [0.1, 0.15) is 47.2 Å². The molecule has 2 aliphatic rings. The van der Waals surface area contributed by atoms with Crippen molar-refractivity contribution < 1.29 is 0 Å². The van der Waals surface area contributed by atoms with Gasteiger partial charge in [0.15, 0.2) is 0 Å². The van der Waals surface area contributed by atoms with Crippen molar-refractivity contribution in [1.82, 2.24) is 0 Å². The molecule has 10 aromatic carbocycles. The normalized spacial score (nSPS) is 17.1. The molecule has 0 aromatic heterocycles. The molecule has 10 aromatic rings. The zero-order valence-corrected chi connectivity index (χ0v) is 34.3. The molecule has 0 heterocycles. The minimum atomic E-state index is -0.311. The number of benzene rings is 10. The van der Waals surface area contributed by atoms with Crippen LogP contribution in [0, 0.1) is 0 Å². The molecule has 61 heavy (non-hydrogen) atoms. The van der Waals surface area contributed by atoms with Gasteiger partial charge in [-0.05, 0) is 145 Å². The van der Waals surface area contributed by atoms with E-state index in [4.69, 9.17) is 0 Å². The molecule has 0 radical (unpaired) electrons. The Balaban J connectivity index is 1.03. The first-order valence-electron chi connectivity index (χ1n) is 21.4. The van der Waals surface area contributed by atoms with E-state index in [0.717, 1.165) is 17.1 Å². The molecule has 0 saturated carbocycles. The molecule has 0 spiro atoms. The van der Waals surface area contributed by atoms with E-state index in [1.54, 1.807) is 0 Å². The SMILES string of the molecule is CC1(c2ccccc2)c2ccccc2-c2cc(N(c3ccc(-c4ccc5c(ccc6ccccc65)c4)cc3)c3ccc4c(c3)C(C)(c3ccccc3)c3ccccc3-4)ccc21. The van der Waals surface area contributed by atoms with Crippen LogP contribution in [0.4, 0.5) is 17.1 Å². The zero-order chi connectivity index (χ0) is 40.7. The van der Waals surface area contributed by atoms with E-state index in [2.05, 4.69) is 243 Å². The van der Waals surface area contributed by atoms with Crippen LogP contribution in [0.5, 0.6) is 0 Å². The van der Waals surface area contributed by atoms with Crippen molar-refractivity contribution in [1.29, 1.82) is 0 Å².